The maximum atomic E-state index is 9.15. The van der Waals surface area contributed by atoms with Gasteiger partial charge in [-0.3, -0.25) is 0 Å². The van der Waals surface area contributed by atoms with Gasteiger partial charge in [-0.05, 0) is 32.9 Å². The molecular weight excluding hydrogens is 300 g/mol. The monoisotopic (exact) mass is 312 g/mol. The standard InChI is InChI=1S/C15H13ClN6/c1-7-4-5-10-12(16)8(2)15(20-14(10)19-7)22-13(18)11(6-17)9(3)21-22/h4-5H,18H2,1-3H3. The van der Waals surface area contributed by atoms with E-state index in [1.807, 2.05) is 32.0 Å². The van der Waals surface area contributed by atoms with Crippen LogP contribution in [-0.2, 0) is 0 Å². The van der Waals surface area contributed by atoms with Crippen molar-refractivity contribution in [2.75, 3.05) is 5.73 Å². The number of hydrogen-bond acceptors (Lipinski definition) is 5. The molecule has 3 heterocycles. The van der Waals surface area contributed by atoms with Crippen LogP contribution in [0.25, 0.3) is 16.9 Å². The number of nitriles is 1. The fraction of sp³-hybridized carbons (Fsp3) is 0.200. The molecule has 0 fully saturated rings. The normalized spacial score (nSPS) is 10.9. The Labute approximate surface area is 132 Å². The lowest BCUT2D eigenvalue weighted by atomic mass is 10.2. The molecule has 3 rings (SSSR count). The van der Waals surface area contributed by atoms with Crippen molar-refractivity contribution in [1.82, 2.24) is 19.7 Å². The van der Waals surface area contributed by atoms with Gasteiger partial charge in [0.15, 0.2) is 11.5 Å². The first-order valence-corrected chi connectivity index (χ1v) is 7.01. The largest absolute Gasteiger partial charge is 0.382 e. The van der Waals surface area contributed by atoms with E-state index in [0.29, 0.717) is 27.7 Å². The summed E-state index contributed by atoms with van der Waals surface area (Å²) in [7, 11) is 0. The minimum Gasteiger partial charge on any atom is -0.382 e. The molecule has 0 unspecified atom stereocenters. The van der Waals surface area contributed by atoms with Gasteiger partial charge in [0.05, 0.1) is 10.7 Å². The van der Waals surface area contributed by atoms with Crippen LogP contribution in [0.4, 0.5) is 5.82 Å². The van der Waals surface area contributed by atoms with E-state index in [2.05, 4.69) is 15.1 Å². The van der Waals surface area contributed by atoms with E-state index < -0.39 is 0 Å². The van der Waals surface area contributed by atoms with Gasteiger partial charge in [-0.25, -0.2) is 9.97 Å². The number of aromatic nitrogens is 4. The summed E-state index contributed by atoms with van der Waals surface area (Å²) in [6.07, 6.45) is 0. The Hall–Kier alpha value is -2.65. The van der Waals surface area contributed by atoms with Crippen molar-refractivity contribution in [3.05, 3.63) is 39.7 Å². The van der Waals surface area contributed by atoms with Crippen molar-refractivity contribution in [1.29, 1.82) is 5.26 Å². The zero-order chi connectivity index (χ0) is 16.0. The van der Waals surface area contributed by atoms with Gasteiger partial charge in [0.1, 0.15) is 17.5 Å². The molecule has 0 atom stereocenters. The molecule has 0 aliphatic rings. The van der Waals surface area contributed by atoms with E-state index in [0.717, 1.165) is 16.6 Å². The molecule has 0 saturated carbocycles. The lowest BCUT2D eigenvalue weighted by Gasteiger charge is -2.11. The average molecular weight is 313 g/mol. The highest BCUT2D eigenvalue weighted by Crippen LogP contribution is 2.30. The van der Waals surface area contributed by atoms with Crippen LogP contribution in [0.1, 0.15) is 22.5 Å². The number of nitrogens with two attached hydrogens (primary N) is 1. The van der Waals surface area contributed by atoms with Crippen molar-refractivity contribution in [2.24, 2.45) is 0 Å². The van der Waals surface area contributed by atoms with Crippen molar-refractivity contribution in [3.63, 3.8) is 0 Å². The van der Waals surface area contributed by atoms with Crippen LogP contribution in [-0.4, -0.2) is 19.7 Å². The Kier molecular flexibility index (Phi) is 3.23. The molecule has 0 spiro atoms. The van der Waals surface area contributed by atoms with Gasteiger partial charge in [-0.1, -0.05) is 11.6 Å². The molecule has 22 heavy (non-hydrogen) atoms. The van der Waals surface area contributed by atoms with Crippen LogP contribution in [0.5, 0.6) is 0 Å². The number of aryl methyl sites for hydroxylation is 2. The second-order valence-corrected chi connectivity index (χ2v) is 5.45. The second-order valence-electron chi connectivity index (χ2n) is 5.07. The highest BCUT2D eigenvalue weighted by atomic mass is 35.5. The second kappa shape index (κ2) is 4.97. The third-order valence-corrected chi connectivity index (χ3v) is 4.02. The third kappa shape index (κ3) is 1.98. The number of rotatable bonds is 1. The maximum Gasteiger partial charge on any atom is 0.163 e. The summed E-state index contributed by atoms with van der Waals surface area (Å²) in [6, 6.07) is 5.82. The minimum absolute atomic E-state index is 0.249. The van der Waals surface area contributed by atoms with E-state index in [9.17, 15) is 0 Å². The highest BCUT2D eigenvalue weighted by Gasteiger charge is 2.19. The van der Waals surface area contributed by atoms with Crippen molar-refractivity contribution >= 4 is 28.5 Å². The minimum atomic E-state index is 0.249. The first kappa shape index (κ1) is 14.3. The van der Waals surface area contributed by atoms with Gasteiger partial charge < -0.3 is 5.73 Å². The van der Waals surface area contributed by atoms with Gasteiger partial charge in [0, 0.05) is 16.6 Å². The van der Waals surface area contributed by atoms with E-state index in [1.165, 1.54) is 4.68 Å². The molecule has 0 radical (unpaired) electrons. The molecule has 6 nitrogen and oxygen atoms in total. The molecule has 3 aromatic heterocycles. The topological polar surface area (TPSA) is 93.4 Å². The molecule has 0 aliphatic heterocycles. The van der Waals surface area contributed by atoms with Crippen LogP contribution >= 0.6 is 11.6 Å². The highest BCUT2D eigenvalue weighted by molar-refractivity contribution is 6.36. The summed E-state index contributed by atoms with van der Waals surface area (Å²) >= 11 is 6.44. The van der Waals surface area contributed by atoms with E-state index >= 15 is 0 Å². The van der Waals surface area contributed by atoms with E-state index in [4.69, 9.17) is 22.6 Å². The Morgan fingerprint density at radius 2 is 1.95 bits per heavy atom. The predicted octanol–water partition coefficient (Wildman–Crippen LogP) is 2.85. The number of anilines is 1. The van der Waals surface area contributed by atoms with Crippen LogP contribution in [0.3, 0.4) is 0 Å². The van der Waals surface area contributed by atoms with Gasteiger partial charge in [0.25, 0.3) is 0 Å². The number of nitrogen functional groups attached to an aromatic ring is 1. The fourth-order valence-electron chi connectivity index (χ4n) is 2.33. The summed E-state index contributed by atoms with van der Waals surface area (Å²) in [5, 5.41) is 14.8. The number of halogens is 1. The Bertz CT molecular complexity index is 951. The van der Waals surface area contributed by atoms with Crippen LogP contribution in [0, 0.1) is 32.1 Å². The quantitative estimate of drug-likeness (QED) is 0.745. The van der Waals surface area contributed by atoms with Crippen molar-refractivity contribution in [2.45, 2.75) is 20.8 Å². The average Bonchev–Trinajstić information content (AvgIpc) is 2.77. The van der Waals surface area contributed by atoms with E-state index in [1.54, 1.807) is 6.92 Å². The van der Waals surface area contributed by atoms with Crippen molar-refractivity contribution < 1.29 is 0 Å². The van der Waals surface area contributed by atoms with Gasteiger partial charge in [-0.2, -0.15) is 15.0 Å². The van der Waals surface area contributed by atoms with Crippen molar-refractivity contribution in [3.8, 4) is 11.9 Å². The molecule has 0 saturated heterocycles. The summed E-state index contributed by atoms with van der Waals surface area (Å²) in [6.45, 7) is 5.45. The molecule has 0 bridgehead atoms. The lowest BCUT2D eigenvalue weighted by molar-refractivity contribution is 0.837. The maximum absolute atomic E-state index is 9.15. The summed E-state index contributed by atoms with van der Waals surface area (Å²) in [5.74, 6) is 0.733. The first-order valence-electron chi connectivity index (χ1n) is 6.63. The fourth-order valence-corrected chi connectivity index (χ4v) is 2.57. The lowest BCUT2D eigenvalue weighted by Crippen LogP contribution is -2.08. The first-order chi connectivity index (χ1) is 10.4. The summed E-state index contributed by atoms with van der Waals surface area (Å²) in [4.78, 5) is 8.93. The molecule has 2 N–H and O–H groups in total. The Morgan fingerprint density at radius 3 is 2.59 bits per heavy atom. The molecule has 0 aliphatic carbocycles. The zero-order valence-corrected chi connectivity index (χ0v) is 13.1. The zero-order valence-electron chi connectivity index (χ0n) is 12.3. The molecule has 110 valence electrons. The van der Waals surface area contributed by atoms with E-state index in [-0.39, 0.29) is 5.82 Å². The van der Waals surface area contributed by atoms with Gasteiger partial charge in [-0.15, -0.1) is 0 Å². The van der Waals surface area contributed by atoms with Gasteiger partial charge in [0.2, 0.25) is 0 Å². The smallest absolute Gasteiger partial charge is 0.163 e. The Balaban J connectivity index is 2.37. The Morgan fingerprint density at radius 1 is 1.23 bits per heavy atom. The summed E-state index contributed by atoms with van der Waals surface area (Å²) in [5.41, 5.74) is 9.01. The number of hydrogen-bond donors (Lipinski definition) is 1. The molecule has 3 aromatic rings. The van der Waals surface area contributed by atoms with Crippen LogP contribution in [0.2, 0.25) is 5.02 Å². The van der Waals surface area contributed by atoms with Crippen LogP contribution < -0.4 is 5.73 Å². The van der Waals surface area contributed by atoms with Gasteiger partial charge >= 0.3 is 0 Å². The SMILES string of the molecule is Cc1ccc2c(Cl)c(C)c(-n3nc(C)c(C#N)c3N)nc2n1. The molecule has 0 amide bonds. The summed E-state index contributed by atoms with van der Waals surface area (Å²) < 4.78 is 1.44. The number of pyridine rings is 2. The third-order valence-electron chi connectivity index (χ3n) is 3.54. The number of nitrogens with zero attached hydrogens (tertiary/aromatic N) is 5. The molecule has 0 aromatic carbocycles. The molecule has 7 heteroatoms. The molecular formula is C15H13ClN6. The predicted molar refractivity (Wildman–Crippen MR) is 85.0 cm³/mol. The number of fused-ring (bicyclic) bond motifs is 1. The van der Waals surface area contributed by atoms with Crippen LogP contribution in [0.15, 0.2) is 12.1 Å².